The fourth-order valence-electron chi connectivity index (χ4n) is 1.99. The van der Waals surface area contributed by atoms with Crippen molar-refractivity contribution in [3.05, 3.63) is 57.5 Å². The first-order valence-electron chi connectivity index (χ1n) is 7.56. The minimum Gasteiger partial charge on any atom is -0.452 e. The lowest BCUT2D eigenvalue weighted by atomic mass is 10.2. The fourth-order valence-corrected chi connectivity index (χ4v) is 3.50. The molecule has 0 radical (unpaired) electrons. The van der Waals surface area contributed by atoms with Crippen LogP contribution in [0, 0.1) is 0 Å². The molecule has 2 aromatic rings. The van der Waals surface area contributed by atoms with Gasteiger partial charge in [-0.15, -0.1) is 0 Å². The maximum absolute atomic E-state index is 12.2. The lowest BCUT2D eigenvalue weighted by Gasteiger charge is -2.13. The molecule has 0 spiro atoms. The monoisotopic (exact) mass is 474 g/mol. The molecule has 1 N–H and O–H groups in total. The summed E-state index contributed by atoms with van der Waals surface area (Å²) < 4.78 is 31.0. The second-order valence-electron chi connectivity index (χ2n) is 5.53. The Bertz CT molecular complexity index is 979. The van der Waals surface area contributed by atoms with E-state index < -0.39 is 28.5 Å². The third-order valence-corrected chi connectivity index (χ3v) is 6.25. The highest BCUT2D eigenvalue weighted by Crippen LogP contribution is 2.23. The number of amides is 1. The van der Waals surface area contributed by atoms with Gasteiger partial charge in [0.1, 0.15) is 0 Å². The van der Waals surface area contributed by atoms with Gasteiger partial charge >= 0.3 is 5.97 Å². The highest BCUT2D eigenvalue weighted by molar-refractivity contribution is 9.10. The molecular weight excluding hydrogens is 460 g/mol. The molecule has 7 nitrogen and oxygen atoms in total. The lowest BCUT2D eigenvalue weighted by Crippen LogP contribution is -2.23. The number of carbonyl (C=O) groups excluding carboxylic acids is 2. The number of halogens is 2. The smallest absolute Gasteiger partial charge is 0.340 e. The van der Waals surface area contributed by atoms with Crippen molar-refractivity contribution in [2.75, 3.05) is 26.0 Å². The quantitative estimate of drug-likeness (QED) is 0.648. The highest BCUT2D eigenvalue weighted by Gasteiger charge is 2.22. The van der Waals surface area contributed by atoms with Gasteiger partial charge in [-0.2, -0.15) is 0 Å². The summed E-state index contributed by atoms with van der Waals surface area (Å²) in [6, 6.07) is 10.6. The predicted molar refractivity (Wildman–Crippen MR) is 105 cm³/mol. The van der Waals surface area contributed by atoms with E-state index in [0.29, 0.717) is 10.2 Å². The molecule has 0 aliphatic carbocycles. The summed E-state index contributed by atoms with van der Waals surface area (Å²) in [4.78, 5) is 24.1. The molecule has 1 amide bonds. The first-order valence-corrected chi connectivity index (χ1v) is 10.2. The van der Waals surface area contributed by atoms with Crippen molar-refractivity contribution in [2.45, 2.75) is 4.90 Å². The summed E-state index contributed by atoms with van der Waals surface area (Å²) in [6.45, 7) is -0.554. The van der Waals surface area contributed by atoms with Crippen LogP contribution in [0.15, 0.2) is 51.8 Å². The summed E-state index contributed by atoms with van der Waals surface area (Å²) in [5.74, 6) is -1.46. The molecule has 144 valence electrons. The highest BCUT2D eigenvalue weighted by atomic mass is 79.9. The van der Waals surface area contributed by atoms with Crippen molar-refractivity contribution in [3.63, 3.8) is 0 Å². The van der Waals surface area contributed by atoms with Crippen LogP contribution in [-0.2, 0) is 19.6 Å². The van der Waals surface area contributed by atoms with Gasteiger partial charge in [-0.1, -0.05) is 23.7 Å². The topological polar surface area (TPSA) is 92.8 Å². The SMILES string of the molecule is CN(C)S(=O)(=O)c1ccc(Cl)c(C(=O)OCC(=O)Nc2ccccc2Br)c1. The molecule has 0 heterocycles. The molecule has 0 aliphatic heterocycles. The zero-order valence-electron chi connectivity index (χ0n) is 14.4. The van der Waals surface area contributed by atoms with Gasteiger partial charge in [0.2, 0.25) is 10.0 Å². The molecule has 10 heteroatoms. The zero-order valence-corrected chi connectivity index (χ0v) is 17.6. The Morgan fingerprint density at radius 2 is 1.85 bits per heavy atom. The van der Waals surface area contributed by atoms with Crippen LogP contribution in [0.5, 0.6) is 0 Å². The fraction of sp³-hybridized carbons (Fsp3) is 0.176. The molecule has 0 saturated carbocycles. The Kier molecular flexibility index (Phi) is 6.99. The minimum absolute atomic E-state index is 0.0175. The molecular formula is C17H16BrClN2O5S. The second kappa shape index (κ2) is 8.83. The molecule has 27 heavy (non-hydrogen) atoms. The van der Waals surface area contributed by atoms with E-state index in [1.165, 1.54) is 26.2 Å². The number of rotatable bonds is 6. The molecule has 2 rings (SSSR count). The van der Waals surface area contributed by atoms with E-state index in [2.05, 4.69) is 21.2 Å². The molecule has 0 atom stereocenters. The first kappa shape index (κ1) is 21.4. The number of ether oxygens (including phenoxy) is 1. The van der Waals surface area contributed by atoms with Crippen LogP contribution in [0.3, 0.4) is 0 Å². The number of anilines is 1. The van der Waals surface area contributed by atoms with E-state index in [1.807, 2.05) is 0 Å². The van der Waals surface area contributed by atoms with Crippen molar-refractivity contribution in [2.24, 2.45) is 0 Å². The number of para-hydroxylation sites is 1. The number of nitrogens with zero attached hydrogens (tertiary/aromatic N) is 1. The zero-order chi connectivity index (χ0) is 20.2. The molecule has 0 saturated heterocycles. The number of benzene rings is 2. The Labute approximate surface area is 170 Å². The van der Waals surface area contributed by atoms with Crippen LogP contribution in [-0.4, -0.2) is 45.3 Å². The van der Waals surface area contributed by atoms with Crippen molar-refractivity contribution in [1.29, 1.82) is 0 Å². The van der Waals surface area contributed by atoms with Crippen LogP contribution in [0.2, 0.25) is 5.02 Å². The Balaban J connectivity index is 2.10. The van der Waals surface area contributed by atoms with E-state index in [-0.39, 0.29) is 15.5 Å². The minimum atomic E-state index is -3.74. The molecule has 0 fully saturated rings. The van der Waals surface area contributed by atoms with Crippen molar-refractivity contribution < 1.29 is 22.7 Å². The molecule has 0 aliphatic rings. The van der Waals surface area contributed by atoms with Gasteiger partial charge in [0.05, 0.1) is 21.2 Å². The third-order valence-electron chi connectivity index (χ3n) is 3.42. The first-order chi connectivity index (χ1) is 12.6. The van der Waals surface area contributed by atoms with Crippen LogP contribution in [0.4, 0.5) is 5.69 Å². The van der Waals surface area contributed by atoms with Gasteiger partial charge in [-0.05, 0) is 46.3 Å². The molecule has 0 bridgehead atoms. The normalized spacial score (nSPS) is 11.3. The molecule has 0 unspecified atom stereocenters. The number of hydrogen-bond donors (Lipinski definition) is 1. The van der Waals surface area contributed by atoms with Gasteiger partial charge in [0, 0.05) is 18.6 Å². The molecule has 2 aromatic carbocycles. The average molecular weight is 476 g/mol. The van der Waals surface area contributed by atoms with Crippen molar-refractivity contribution in [1.82, 2.24) is 4.31 Å². The van der Waals surface area contributed by atoms with Crippen LogP contribution in [0.1, 0.15) is 10.4 Å². The van der Waals surface area contributed by atoms with E-state index in [9.17, 15) is 18.0 Å². The summed E-state index contributed by atoms with van der Waals surface area (Å²) in [5, 5.41) is 2.60. The largest absolute Gasteiger partial charge is 0.452 e. The Hall–Kier alpha value is -1.94. The van der Waals surface area contributed by atoms with Crippen LogP contribution < -0.4 is 5.32 Å². The molecule has 0 aromatic heterocycles. The number of carbonyl (C=O) groups is 2. The third kappa shape index (κ3) is 5.29. The summed E-state index contributed by atoms with van der Waals surface area (Å²) in [7, 11) is -1.01. The maximum Gasteiger partial charge on any atom is 0.340 e. The van der Waals surface area contributed by atoms with Gasteiger partial charge in [0.25, 0.3) is 5.91 Å². The van der Waals surface area contributed by atoms with Crippen LogP contribution >= 0.6 is 27.5 Å². The van der Waals surface area contributed by atoms with Gasteiger partial charge < -0.3 is 10.1 Å². The summed E-state index contributed by atoms with van der Waals surface area (Å²) in [5.41, 5.74) is 0.379. The number of nitrogens with one attached hydrogen (secondary N) is 1. The second-order valence-corrected chi connectivity index (χ2v) is 8.95. The number of esters is 1. The summed E-state index contributed by atoms with van der Waals surface area (Å²) in [6.07, 6.45) is 0. The Morgan fingerprint density at radius 3 is 2.48 bits per heavy atom. The summed E-state index contributed by atoms with van der Waals surface area (Å²) >= 11 is 9.26. The number of hydrogen-bond acceptors (Lipinski definition) is 5. The number of sulfonamides is 1. The van der Waals surface area contributed by atoms with Crippen LogP contribution in [0.25, 0.3) is 0 Å². The van der Waals surface area contributed by atoms with Gasteiger partial charge in [-0.25, -0.2) is 17.5 Å². The van der Waals surface area contributed by atoms with Crippen molar-refractivity contribution >= 4 is 55.1 Å². The van der Waals surface area contributed by atoms with Crippen molar-refractivity contribution in [3.8, 4) is 0 Å². The van der Waals surface area contributed by atoms with Gasteiger partial charge in [0.15, 0.2) is 6.61 Å². The lowest BCUT2D eigenvalue weighted by molar-refractivity contribution is -0.119. The Morgan fingerprint density at radius 1 is 1.19 bits per heavy atom. The van der Waals surface area contributed by atoms with E-state index in [1.54, 1.807) is 24.3 Å². The maximum atomic E-state index is 12.2. The van der Waals surface area contributed by atoms with Gasteiger partial charge in [-0.3, -0.25) is 4.79 Å². The predicted octanol–water partition coefficient (Wildman–Crippen LogP) is 3.15. The van der Waals surface area contributed by atoms with E-state index >= 15 is 0 Å². The van der Waals surface area contributed by atoms with E-state index in [4.69, 9.17) is 16.3 Å². The standard InChI is InChI=1S/C17H16BrClN2O5S/c1-21(2)27(24,25)11-7-8-14(19)12(9-11)17(23)26-10-16(22)20-15-6-4-3-5-13(15)18/h3-9H,10H2,1-2H3,(H,20,22). The van der Waals surface area contributed by atoms with E-state index in [0.717, 1.165) is 10.4 Å². The average Bonchev–Trinajstić information content (AvgIpc) is 2.61.